The van der Waals surface area contributed by atoms with Gasteiger partial charge in [-0.05, 0) is 0 Å². The zero-order valence-corrected chi connectivity index (χ0v) is 9.66. The third kappa shape index (κ3) is 1.72. The van der Waals surface area contributed by atoms with Crippen molar-refractivity contribution in [3.05, 3.63) is 33.1 Å². The Balaban J connectivity index is 2.17. The molecule has 2 saturated heterocycles. The molecule has 1 aromatic rings. The summed E-state index contributed by atoms with van der Waals surface area (Å²) < 4.78 is 44.3. The number of nitrogens with zero attached hydrogens (tertiary/aromatic N) is 1. The summed E-state index contributed by atoms with van der Waals surface area (Å²) in [6.07, 6.45) is -6.82. The standard InChI is InChI=1S/C10H9FN2O7/c11-10(3-14)6-5(18-9(17)19-6)7(20-10)13-2-1-4(15)12-8(13)16/h1-2,5-7,14H,3H2,(H,12,15,16)/t5-,6+,7-,10-/m1/s1/i1D,7D. The van der Waals surface area contributed by atoms with Gasteiger partial charge in [-0.25, -0.2) is 14.0 Å². The second-order valence-corrected chi connectivity index (χ2v) is 4.11. The fraction of sp³-hybridized carbons (Fsp3) is 0.500. The molecule has 9 nitrogen and oxygen atoms in total. The highest BCUT2D eigenvalue weighted by Gasteiger charge is 2.64. The van der Waals surface area contributed by atoms with Gasteiger partial charge in [0.05, 0.1) is 2.74 Å². The van der Waals surface area contributed by atoms with Crippen molar-refractivity contribution in [2.75, 3.05) is 6.61 Å². The van der Waals surface area contributed by atoms with Crippen molar-refractivity contribution < 1.29 is 31.2 Å². The van der Waals surface area contributed by atoms with Crippen LogP contribution in [0.5, 0.6) is 0 Å². The van der Waals surface area contributed by atoms with Crippen LogP contribution in [0.2, 0.25) is 0 Å². The maximum atomic E-state index is 14.5. The minimum absolute atomic E-state index is 0.382. The van der Waals surface area contributed by atoms with Crippen LogP contribution in [-0.2, 0) is 14.2 Å². The molecule has 0 bridgehead atoms. The highest BCUT2D eigenvalue weighted by molar-refractivity contribution is 5.63. The van der Waals surface area contributed by atoms with Gasteiger partial charge in [-0.1, -0.05) is 0 Å². The molecule has 1 aromatic heterocycles. The Hall–Kier alpha value is -2.20. The van der Waals surface area contributed by atoms with E-state index in [2.05, 4.69) is 9.47 Å². The molecule has 0 spiro atoms. The average Bonchev–Trinajstić information content (AvgIpc) is 2.93. The van der Waals surface area contributed by atoms with Crippen LogP contribution in [0.1, 0.15) is 8.95 Å². The largest absolute Gasteiger partial charge is 0.509 e. The molecule has 2 fully saturated rings. The molecule has 2 aliphatic rings. The number of H-pyrrole nitrogens is 1. The average molecular weight is 290 g/mol. The number of carbonyl (C=O) groups excluding carboxylic acids is 1. The molecule has 2 N–H and O–H groups in total. The number of rotatable bonds is 2. The number of carbonyl (C=O) groups is 1. The van der Waals surface area contributed by atoms with Crippen LogP contribution >= 0.6 is 0 Å². The number of ether oxygens (including phenoxy) is 3. The number of hydrogen-bond donors (Lipinski definition) is 2. The van der Waals surface area contributed by atoms with Crippen LogP contribution < -0.4 is 11.2 Å². The normalized spacial score (nSPS) is 40.6. The minimum atomic E-state index is -2.98. The summed E-state index contributed by atoms with van der Waals surface area (Å²) in [4.78, 5) is 35.9. The Morgan fingerprint density at radius 3 is 3.00 bits per heavy atom. The molecule has 108 valence electrons. The quantitative estimate of drug-likeness (QED) is 0.644. The predicted octanol–water partition coefficient (Wildman–Crippen LogP) is -1.37. The summed E-state index contributed by atoms with van der Waals surface area (Å²) in [6, 6.07) is -0.697. The lowest BCUT2D eigenvalue weighted by atomic mass is 10.1. The van der Waals surface area contributed by atoms with Gasteiger partial charge in [-0.15, -0.1) is 0 Å². The zero-order valence-electron chi connectivity index (χ0n) is 11.7. The highest BCUT2D eigenvalue weighted by Crippen LogP contribution is 2.44. The molecule has 20 heavy (non-hydrogen) atoms. The molecule has 0 saturated carbocycles. The van der Waals surface area contributed by atoms with Gasteiger partial charge in [0.15, 0.2) is 12.3 Å². The van der Waals surface area contributed by atoms with Gasteiger partial charge in [-0.3, -0.25) is 14.3 Å². The Morgan fingerprint density at radius 2 is 2.30 bits per heavy atom. The van der Waals surface area contributed by atoms with E-state index in [4.69, 9.17) is 12.6 Å². The number of fused-ring (bicyclic) bond motifs is 1. The molecule has 4 atom stereocenters. The first-order valence-electron chi connectivity index (χ1n) is 6.41. The smallest absolute Gasteiger partial charge is 0.422 e. The van der Waals surface area contributed by atoms with Crippen molar-refractivity contribution in [3.63, 3.8) is 0 Å². The van der Waals surface area contributed by atoms with E-state index in [1.165, 1.54) is 0 Å². The van der Waals surface area contributed by atoms with E-state index in [1.54, 1.807) is 4.98 Å². The van der Waals surface area contributed by atoms with Gasteiger partial charge in [0.25, 0.3) is 11.4 Å². The first-order chi connectivity index (χ1) is 10.2. The Morgan fingerprint density at radius 1 is 1.55 bits per heavy atom. The summed E-state index contributed by atoms with van der Waals surface area (Å²) in [7, 11) is 0. The number of nitrogens with one attached hydrogen (secondary N) is 1. The Bertz CT molecular complexity index is 766. The molecule has 0 radical (unpaired) electrons. The molecule has 3 rings (SSSR count). The second kappa shape index (κ2) is 4.15. The molecule has 0 amide bonds. The fourth-order valence-corrected chi connectivity index (χ4v) is 1.99. The molecule has 2 aliphatic heterocycles. The van der Waals surface area contributed by atoms with E-state index >= 15 is 0 Å². The van der Waals surface area contributed by atoms with Gasteiger partial charge in [-0.2, -0.15) is 0 Å². The van der Waals surface area contributed by atoms with E-state index in [0.29, 0.717) is 10.8 Å². The van der Waals surface area contributed by atoms with Gasteiger partial charge in [0, 0.05) is 12.2 Å². The lowest BCUT2D eigenvalue weighted by Crippen LogP contribution is -2.41. The van der Waals surface area contributed by atoms with E-state index in [9.17, 15) is 18.8 Å². The maximum Gasteiger partial charge on any atom is 0.509 e. The molecule has 10 heteroatoms. The van der Waals surface area contributed by atoms with Crippen molar-refractivity contribution in [2.24, 2.45) is 0 Å². The third-order valence-corrected chi connectivity index (χ3v) is 2.88. The Kier molecular flexibility index (Phi) is 2.19. The second-order valence-electron chi connectivity index (χ2n) is 4.11. The highest BCUT2D eigenvalue weighted by atomic mass is 19.2. The summed E-state index contributed by atoms with van der Waals surface area (Å²) >= 11 is 0. The first-order valence-corrected chi connectivity index (χ1v) is 5.41. The van der Waals surface area contributed by atoms with Crippen LogP contribution in [-0.4, -0.2) is 45.5 Å². The molecule has 0 unspecified atom stereocenters. The van der Waals surface area contributed by atoms with E-state index in [1.807, 2.05) is 0 Å². The number of aliphatic hydroxyl groups is 1. The van der Waals surface area contributed by atoms with E-state index < -0.39 is 54.3 Å². The maximum absolute atomic E-state index is 14.5. The lowest BCUT2D eigenvalue weighted by molar-refractivity contribution is -0.210. The summed E-state index contributed by atoms with van der Waals surface area (Å²) in [5, 5.41) is 9.09. The molecular formula is C10H9FN2O7. The van der Waals surface area contributed by atoms with Gasteiger partial charge in [0.2, 0.25) is 6.10 Å². The van der Waals surface area contributed by atoms with E-state index in [-0.39, 0.29) is 0 Å². The third-order valence-electron chi connectivity index (χ3n) is 2.88. The van der Waals surface area contributed by atoms with E-state index in [0.717, 1.165) is 0 Å². The summed E-state index contributed by atoms with van der Waals surface area (Å²) in [5.41, 5.74) is -2.20. The zero-order chi connectivity index (χ0) is 16.3. The summed E-state index contributed by atoms with van der Waals surface area (Å²) in [6.45, 7) is -1.27. The number of aromatic amines is 1. The number of aromatic nitrogens is 2. The molecule has 3 heterocycles. The van der Waals surface area contributed by atoms with Crippen molar-refractivity contribution in [1.82, 2.24) is 9.55 Å². The molecule has 0 aliphatic carbocycles. The van der Waals surface area contributed by atoms with Gasteiger partial charge >= 0.3 is 11.8 Å². The molecular weight excluding hydrogens is 279 g/mol. The van der Waals surface area contributed by atoms with Crippen molar-refractivity contribution in [1.29, 1.82) is 0 Å². The van der Waals surface area contributed by atoms with Crippen LogP contribution in [0.4, 0.5) is 9.18 Å². The van der Waals surface area contributed by atoms with Crippen molar-refractivity contribution in [2.45, 2.75) is 24.3 Å². The predicted molar refractivity (Wildman–Crippen MR) is 57.5 cm³/mol. The van der Waals surface area contributed by atoms with Gasteiger partial charge in [0.1, 0.15) is 6.61 Å². The number of halogens is 1. The van der Waals surface area contributed by atoms with Crippen molar-refractivity contribution >= 4 is 6.16 Å². The molecule has 0 aromatic carbocycles. The van der Waals surface area contributed by atoms with Gasteiger partial charge < -0.3 is 19.3 Å². The van der Waals surface area contributed by atoms with Crippen LogP contribution in [0, 0.1) is 0 Å². The van der Waals surface area contributed by atoms with Crippen LogP contribution in [0.3, 0.4) is 0 Å². The first kappa shape index (κ1) is 10.6. The number of aliphatic hydroxyl groups excluding tert-OH is 1. The number of hydrogen-bond acceptors (Lipinski definition) is 7. The monoisotopic (exact) mass is 290 g/mol. The Labute approximate surface area is 112 Å². The van der Waals surface area contributed by atoms with Crippen LogP contribution in [0.15, 0.2) is 21.8 Å². The topological polar surface area (TPSA) is 120 Å². The fourth-order valence-electron chi connectivity index (χ4n) is 1.99. The summed E-state index contributed by atoms with van der Waals surface area (Å²) in [5.74, 6) is -2.98. The SMILES string of the molecule is [2H]c1cn([C@]2([2H])O[C@](F)(CO)[C@H]3OC(=O)O[C@H]32)c(=O)[nH]c1=O. The lowest BCUT2D eigenvalue weighted by Gasteiger charge is -2.21. The number of alkyl halides is 1. The van der Waals surface area contributed by atoms with Crippen LogP contribution in [0.25, 0.3) is 0 Å². The van der Waals surface area contributed by atoms with Crippen molar-refractivity contribution in [3.8, 4) is 0 Å². The minimum Gasteiger partial charge on any atom is -0.422 e.